The molecule has 0 fully saturated rings. The molecule has 3 aromatic rings. The molecule has 0 spiro atoms. The van der Waals surface area contributed by atoms with Gasteiger partial charge in [-0.05, 0) is 32.0 Å². The van der Waals surface area contributed by atoms with Gasteiger partial charge in [0.1, 0.15) is 5.52 Å². The van der Waals surface area contributed by atoms with Crippen LogP contribution < -0.4 is 5.32 Å². The fraction of sp³-hybridized carbons (Fsp3) is 0.214. The Morgan fingerprint density at radius 1 is 1.25 bits per heavy atom. The third-order valence-electron chi connectivity index (χ3n) is 3.01. The smallest absolute Gasteiger partial charge is 0.257 e. The number of carbonyl (C=O) groups is 1. The summed E-state index contributed by atoms with van der Waals surface area (Å²) in [6.07, 6.45) is 0. The summed E-state index contributed by atoms with van der Waals surface area (Å²) in [7, 11) is 0. The molecule has 102 valence electrons. The van der Waals surface area contributed by atoms with E-state index in [1.165, 1.54) is 11.3 Å². The molecule has 3 rings (SSSR count). The van der Waals surface area contributed by atoms with E-state index in [0.29, 0.717) is 22.2 Å². The molecule has 0 atom stereocenters. The van der Waals surface area contributed by atoms with Crippen molar-refractivity contribution in [1.29, 1.82) is 0 Å². The van der Waals surface area contributed by atoms with Gasteiger partial charge < -0.3 is 4.42 Å². The lowest BCUT2D eigenvalue weighted by atomic mass is 10.2. The first-order valence-corrected chi connectivity index (χ1v) is 6.97. The second-order valence-corrected chi connectivity index (χ2v) is 5.73. The van der Waals surface area contributed by atoms with Gasteiger partial charge in [-0.1, -0.05) is 0 Å². The van der Waals surface area contributed by atoms with E-state index in [4.69, 9.17) is 4.42 Å². The van der Waals surface area contributed by atoms with E-state index < -0.39 is 0 Å². The summed E-state index contributed by atoms with van der Waals surface area (Å²) in [4.78, 5) is 21.8. The molecule has 5 nitrogen and oxygen atoms in total. The van der Waals surface area contributed by atoms with Crippen molar-refractivity contribution in [3.05, 3.63) is 40.2 Å². The number of amides is 1. The SMILES string of the molecule is Cc1nc2ccc(C(=O)Nc3nc(C)c(C)s3)cc2o1. The van der Waals surface area contributed by atoms with Crippen LogP contribution in [0.2, 0.25) is 0 Å². The Morgan fingerprint density at radius 2 is 2.05 bits per heavy atom. The molecule has 0 aliphatic rings. The maximum atomic E-state index is 12.2. The van der Waals surface area contributed by atoms with Crippen LogP contribution in [0.25, 0.3) is 11.1 Å². The summed E-state index contributed by atoms with van der Waals surface area (Å²) >= 11 is 1.47. The number of anilines is 1. The molecule has 1 amide bonds. The van der Waals surface area contributed by atoms with E-state index in [9.17, 15) is 4.79 Å². The first-order chi connectivity index (χ1) is 9.52. The monoisotopic (exact) mass is 287 g/mol. The summed E-state index contributed by atoms with van der Waals surface area (Å²) in [5.74, 6) is 0.387. The number of fused-ring (bicyclic) bond motifs is 1. The summed E-state index contributed by atoms with van der Waals surface area (Å²) in [5.41, 5.74) is 2.83. The average Bonchev–Trinajstić information content (AvgIpc) is 2.90. The molecule has 1 N–H and O–H groups in total. The quantitative estimate of drug-likeness (QED) is 0.783. The topological polar surface area (TPSA) is 68.0 Å². The van der Waals surface area contributed by atoms with Gasteiger partial charge in [0, 0.05) is 17.4 Å². The van der Waals surface area contributed by atoms with E-state index in [1.54, 1.807) is 25.1 Å². The second kappa shape index (κ2) is 4.72. The molecule has 6 heteroatoms. The number of hydrogen-bond donors (Lipinski definition) is 1. The molecular weight excluding hydrogens is 274 g/mol. The number of thiazole rings is 1. The van der Waals surface area contributed by atoms with Crippen LogP contribution in [0.4, 0.5) is 5.13 Å². The van der Waals surface area contributed by atoms with E-state index in [-0.39, 0.29) is 5.91 Å². The summed E-state index contributed by atoms with van der Waals surface area (Å²) in [6.45, 7) is 5.68. The van der Waals surface area contributed by atoms with Crippen LogP contribution in [0, 0.1) is 20.8 Å². The van der Waals surface area contributed by atoms with Crippen molar-refractivity contribution in [2.45, 2.75) is 20.8 Å². The van der Waals surface area contributed by atoms with E-state index in [1.807, 2.05) is 13.8 Å². The zero-order valence-corrected chi connectivity index (χ0v) is 12.2. The van der Waals surface area contributed by atoms with Gasteiger partial charge in [-0.3, -0.25) is 10.1 Å². The molecule has 2 heterocycles. The predicted octanol–water partition coefficient (Wildman–Crippen LogP) is 3.46. The van der Waals surface area contributed by atoms with Crippen molar-refractivity contribution in [2.24, 2.45) is 0 Å². The number of nitrogens with zero attached hydrogens (tertiary/aromatic N) is 2. The number of nitrogens with one attached hydrogen (secondary N) is 1. The summed E-state index contributed by atoms with van der Waals surface area (Å²) in [6, 6.07) is 5.20. The fourth-order valence-electron chi connectivity index (χ4n) is 1.88. The Morgan fingerprint density at radius 3 is 2.75 bits per heavy atom. The molecular formula is C14H13N3O2S. The number of hydrogen-bond acceptors (Lipinski definition) is 5. The Balaban J connectivity index is 1.88. The Labute approximate surface area is 119 Å². The minimum absolute atomic E-state index is 0.199. The van der Waals surface area contributed by atoms with E-state index in [0.717, 1.165) is 16.1 Å². The Hall–Kier alpha value is -2.21. The molecule has 0 unspecified atom stereocenters. The molecule has 0 saturated carbocycles. The summed E-state index contributed by atoms with van der Waals surface area (Å²) in [5, 5.41) is 3.41. The van der Waals surface area contributed by atoms with E-state index in [2.05, 4.69) is 15.3 Å². The van der Waals surface area contributed by atoms with Crippen molar-refractivity contribution in [3.63, 3.8) is 0 Å². The van der Waals surface area contributed by atoms with Crippen LogP contribution in [0.15, 0.2) is 22.6 Å². The van der Waals surface area contributed by atoms with Gasteiger partial charge in [-0.15, -0.1) is 11.3 Å². The highest BCUT2D eigenvalue weighted by Crippen LogP contribution is 2.22. The maximum absolute atomic E-state index is 12.2. The van der Waals surface area contributed by atoms with Gasteiger partial charge >= 0.3 is 0 Å². The molecule has 0 saturated heterocycles. The molecule has 0 bridgehead atoms. The van der Waals surface area contributed by atoms with Crippen molar-refractivity contribution in [1.82, 2.24) is 9.97 Å². The fourth-order valence-corrected chi connectivity index (χ4v) is 2.69. The van der Waals surface area contributed by atoms with Crippen molar-refractivity contribution in [3.8, 4) is 0 Å². The summed E-state index contributed by atoms with van der Waals surface area (Å²) < 4.78 is 5.43. The van der Waals surface area contributed by atoms with Gasteiger partial charge in [0.2, 0.25) is 0 Å². The van der Waals surface area contributed by atoms with Gasteiger partial charge in [0.15, 0.2) is 16.6 Å². The number of oxazole rings is 1. The van der Waals surface area contributed by atoms with Crippen molar-refractivity contribution in [2.75, 3.05) is 5.32 Å². The van der Waals surface area contributed by atoms with Gasteiger partial charge in [0.25, 0.3) is 5.91 Å². The first-order valence-electron chi connectivity index (χ1n) is 6.15. The third kappa shape index (κ3) is 2.30. The number of carbonyl (C=O) groups excluding carboxylic acids is 1. The normalized spacial score (nSPS) is 10.9. The van der Waals surface area contributed by atoms with Gasteiger partial charge in [-0.2, -0.15) is 0 Å². The predicted molar refractivity (Wildman–Crippen MR) is 78.3 cm³/mol. The van der Waals surface area contributed by atoms with Crippen molar-refractivity contribution >= 4 is 33.5 Å². The highest BCUT2D eigenvalue weighted by molar-refractivity contribution is 7.15. The largest absolute Gasteiger partial charge is 0.441 e. The maximum Gasteiger partial charge on any atom is 0.257 e. The van der Waals surface area contributed by atoms with Crippen LogP contribution >= 0.6 is 11.3 Å². The Bertz CT molecular complexity index is 784. The zero-order chi connectivity index (χ0) is 14.3. The van der Waals surface area contributed by atoms with Crippen molar-refractivity contribution < 1.29 is 9.21 Å². The lowest BCUT2D eigenvalue weighted by Gasteiger charge is -2.00. The highest BCUT2D eigenvalue weighted by atomic mass is 32.1. The van der Waals surface area contributed by atoms with Crippen LogP contribution in [0.3, 0.4) is 0 Å². The molecule has 0 radical (unpaired) electrons. The van der Waals surface area contributed by atoms with Gasteiger partial charge in [0.05, 0.1) is 5.69 Å². The molecule has 1 aromatic carbocycles. The number of benzene rings is 1. The van der Waals surface area contributed by atoms with Gasteiger partial charge in [-0.25, -0.2) is 9.97 Å². The molecule has 20 heavy (non-hydrogen) atoms. The lowest BCUT2D eigenvalue weighted by Crippen LogP contribution is -2.11. The minimum atomic E-state index is -0.199. The minimum Gasteiger partial charge on any atom is -0.441 e. The Kier molecular flexibility index (Phi) is 3.02. The lowest BCUT2D eigenvalue weighted by molar-refractivity contribution is 0.102. The zero-order valence-electron chi connectivity index (χ0n) is 11.4. The molecule has 0 aliphatic heterocycles. The molecule has 2 aromatic heterocycles. The number of aryl methyl sites for hydroxylation is 3. The average molecular weight is 287 g/mol. The van der Waals surface area contributed by atoms with Crippen LogP contribution in [-0.2, 0) is 0 Å². The van der Waals surface area contributed by atoms with Crippen LogP contribution in [-0.4, -0.2) is 15.9 Å². The van der Waals surface area contributed by atoms with Crippen LogP contribution in [0.5, 0.6) is 0 Å². The van der Waals surface area contributed by atoms with Crippen LogP contribution in [0.1, 0.15) is 26.8 Å². The number of aromatic nitrogens is 2. The van der Waals surface area contributed by atoms with E-state index >= 15 is 0 Å². The molecule has 0 aliphatic carbocycles. The highest BCUT2D eigenvalue weighted by Gasteiger charge is 2.12. The third-order valence-corrected chi connectivity index (χ3v) is 3.99. The first kappa shape index (κ1) is 12.8. The standard InChI is InChI=1S/C14H13N3O2S/c1-7-8(2)20-14(15-7)17-13(18)10-4-5-11-12(6-10)19-9(3)16-11/h4-6H,1-3H3,(H,15,17,18). The second-order valence-electron chi connectivity index (χ2n) is 4.53. The number of rotatable bonds is 2.